The molecule has 4 nitrogen and oxygen atoms in total. The second-order valence-electron chi connectivity index (χ2n) is 3.32. The molecule has 1 aromatic carbocycles. The molecule has 2 aromatic rings. The lowest BCUT2D eigenvalue weighted by atomic mass is 10.2. The van der Waals surface area contributed by atoms with Crippen LogP contribution in [0, 0.1) is 3.57 Å². The number of rotatable bonds is 4. The highest BCUT2D eigenvalue weighted by atomic mass is 127. The van der Waals surface area contributed by atoms with E-state index < -0.39 is 0 Å². The predicted octanol–water partition coefficient (Wildman–Crippen LogP) is 2.67. The topological polar surface area (TPSA) is 44.2 Å². The maximum absolute atomic E-state index is 5.61. The van der Waals surface area contributed by atoms with Gasteiger partial charge in [0.2, 0.25) is 5.88 Å². The Morgan fingerprint density at radius 2 is 2.24 bits per heavy atom. The fraction of sp³-hybridized carbons (Fsp3) is 0.167. The third-order valence-corrected chi connectivity index (χ3v) is 2.88. The van der Waals surface area contributed by atoms with Gasteiger partial charge in [0.05, 0.1) is 10.7 Å². The maximum atomic E-state index is 5.61. The molecule has 0 aliphatic carbocycles. The van der Waals surface area contributed by atoms with E-state index in [0.717, 1.165) is 14.9 Å². The van der Waals surface area contributed by atoms with Crippen molar-refractivity contribution in [3.63, 3.8) is 0 Å². The van der Waals surface area contributed by atoms with Crippen molar-refractivity contribution in [1.82, 2.24) is 9.97 Å². The zero-order chi connectivity index (χ0) is 12.1. The number of methoxy groups -OCH3 is 1. The van der Waals surface area contributed by atoms with Crippen LogP contribution in [0.4, 0.5) is 0 Å². The molecule has 2 rings (SSSR count). The molecule has 0 bridgehead atoms. The molecular formula is C12H11IN2O2. The first kappa shape index (κ1) is 12.1. The van der Waals surface area contributed by atoms with Gasteiger partial charge in [-0.3, -0.25) is 0 Å². The first-order valence-electron chi connectivity index (χ1n) is 5.01. The van der Waals surface area contributed by atoms with E-state index in [1.165, 1.54) is 6.33 Å². The van der Waals surface area contributed by atoms with Crippen LogP contribution in [0.5, 0.6) is 11.6 Å². The van der Waals surface area contributed by atoms with Gasteiger partial charge in [-0.15, -0.1) is 0 Å². The largest absolute Gasteiger partial charge is 0.497 e. The van der Waals surface area contributed by atoms with Crippen molar-refractivity contribution in [3.8, 4) is 11.6 Å². The highest BCUT2D eigenvalue weighted by Crippen LogP contribution is 2.18. The molecule has 0 unspecified atom stereocenters. The normalized spacial score (nSPS) is 10.0. The minimum atomic E-state index is 0.463. The molecule has 1 heterocycles. The molecule has 1 aromatic heterocycles. The molecule has 17 heavy (non-hydrogen) atoms. The number of hydrogen-bond acceptors (Lipinski definition) is 4. The summed E-state index contributed by atoms with van der Waals surface area (Å²) < 4.78 is 11.7. The van der Waals surface area contributed by atoms with Crippen LogP contribution >= 0.6 is 22.6 Å². The highest BCUT2D eigenvalue weighted by Gasteiger charge is 2.02. The smallest absolute Gasteiger partial charge is 0.230 e. The number of nitrogens with zero attached hydrogens (tertiary/aromatic N) is 2. The van der Waals surface area contributed by atoms with E-state index in [1.807, 2.05) is 24.3 Å². The van der Waals surface area contributed by atoms with Gasteiger partial charge in [0.1, 0.15) is 18.7 Å². The van der Waals surface area contributed by atoms with Crippen molar-refractivity contribution in [2.75, 3.05) is 7.11 Å². The van der Waals surface area contributed by atoms with Gasteiger partial charge in [-0.1, -0.05) is 12.1 Å². The Morgan fingerprint density at radius 3 is 3.00 bits per heavy atom. The average Bonchev–Trinajstić information content (AvgIpc) is 2.38. The number of benzene rings is 1. The monoisotopic (exact) mass is 342 g/mol. The molecule has 0 atom stereocenters. The Kier molecular flexibility index (Phi) is 4.13. The first-order valence-corrected chi connectivity index (χ1v) is 6.08. The summed E-state index contributed by atoms with van der Waals surface area (Å²) in [6.07, 6.45) is 3.19. The van der Waals surface area contributed by atoms with Crippen LogP contribution in [0.2, 0.25) is 0 Å². The van der Waals surface area contributed by atoms with Crippen LogP contribution in [0.15, 0.2) is 36.8 Å². The summed E-state index contributed by atoms with van der Waals surface area (Å²) in [5.74, 6) is 1.42. The summed E-state index contributed by atoms with van der Waals surface area (Å²) in [5.41, 5.74) is 1.04. The molecule has 0 saturated carbocycles. The van der Waals surface area contributed by atoms with Crippen LogP contribution in [-0.2, 0) is 6.61 Å². The Bertz CT molecular complexity index is 505. The molecule has 0 amide bonds. The second kappa shape index (κ2) is 5.81. The molecule has 0 fully saturated rings. The van der Waals surface area contributed by atoms with Gasteiger partial charge in [-0.25, -0.2) is 9.97 Å². The van der Waals surface area contributed by atoms with E-state index in [1.54, 1.807) is 13.3 Å². The fourth-order valence-electron chi connectivity index (χ4n) is 1.32. The molecule has 0 aliphatic rings. The lowest BCUT2D eigenvalue weighted by molar-refractivity contribution is 0.290. The van der Waals surface area contributed by atoms with Crippen molar-refractivity contribution in [2.45, 2.75) is 6.61 Å². The Labute approximate surface area is 113 Å². The van der Waals surface area contributed by atoms with Gasteiger partial charge in [-0.2, -0.15) is 0 Å². The Hall–Kier alpha value is -1.37. The van der Waals surface area contributed by atoms with Crippen molar-refractivity contribution in [1.29, 1.82) is 0 Å². The van der Waals surface area contributed by atoms with Gasteiger partial charge in [0.25, 0.3) is 0 Å². The zero-order valence-electron chi connectivity index (χ0n) is 9.26. The van der Waals surface area contributed by atoms with Gasteiger partial charge >= 0.3 is 0 Å². The number of halogens is 1. The molecular weight excluding hydrogens is 331 g/mol. The number of hydrogen-bond donors (Lipinski definition) is 0. The summed E-state index contributed by atoms with van der Waals surface area (Å²) in [6, 6.07) is 7.76. The lowest BCUT2D eigenvalue weighted by Crippen LogP contribution is -1.99. The molecule has 0 spiro atoms. The highest BCUT2D eigenvalue weighted by molar-refractivity contribution is 14.1. The van der Waals surface area contributed by atoms with Gasteiger partial charge in [0, 0.05) is 6.20 Å². The minimum absolute atomic E-state index is 0.463. The molecule has 0 N–H and O–H groups in total. The Balaban J connectivity index is 2.05. The third-order valence-electron chi connectivity index (χ3n) is 2.14. The second-order valence-corrected chi connectivity index (χ2v) is 4.48. The summed E-state index contributed by atoms with van der Waals surface area (Å²) in [5, 5.41) is 0. The van der Waals surface area contributed by atoms with Crippen molar-refractivity contribution >= 4 is 22.6 Å². The van der Waals surface area contributed by atoms with Crippen molar-refractivity contribution < 1.29 is 9.47 Å². The first-order chi connectivity index (χ1) is 8.29. The van der Waals surface area contributed by atoms with Crippen molar-refractivity contribution in [2.24, 2.45) is 0 Å². The predicted molar refractivity (Wildman–Crippen MR) is 72.1 cm³/mol. The van der Waals surface area contributed by atoms with Gasteiger partial charge < -0.3 is 9.47 Å². The van der Waals surface area contributed by atoms with E-state index in [4.69, 9.17) is 9.47 Å². The zero-order valence-corrected chi connectivity index (χ0v) is 11.4. The minimum Gasteiger partial charge on any atom is -0.497 e. The number of aromatic nitrogens is 2. The van der Waals surface area contributed by atoms with E-state index in [-0.39, 0.29) is 0 Å². The fourth-order valence-corrected chi connectivity index (χ4v) is 1.78. The van der Waals surface area contributed by atoms with E-state index in [2.05, 4.69) is 32.6 Å². The van der Waals surface area contributed by atoms with Crippen LogP contribution in [0.1, 0.15) is 5.56 Å². The van der Waals surface area contributed by atoms with Gasteiger partial charge in [0.15, 0.2) is 0 Å². The summed E-state index contributed by atoms with van der Waals surface area (Å²) in [7, 11) is 1.65. The SMILES string of the molecule is COc1cccc(COc2ncncc2I)c1. The quantitative estimate of drug-likeness (QED) is 0.802. The van der Waals surface area contributed by atoms with Gasteiger partial charge in [-0.05, 0) is 40.3 Å². The molecule has 88 valence electrons. The van der Waals surface area contributed by atoms with Crippen molar-refractivity contribution in [3.05, 3.63) is 45.9 Å². The summed E-state index contributed by atoms with van der Waals surface area (Å²) >= 11 is 2.14. The van der Waals surface area contributed by atoms with Crippen LogP contribution in [0.25, 0.3) is 0 Å². The standard InChI is InChI=1S/C12H11IN2O2/c1-16-10-4-2-3-9(5-10)7-17-12-11(13)6-14-8-15-12/h2-6,8H,7H2,1H3. The molecule has 0 aliphatic heterocycles. The van der Waals surface area contributed by atoms with Crippen LogP contribution in [-0.4, -0.2) is 17.1 Å². The maximum Gasteiger partial charge on any atom is 0.230 e. The van der Waals surface area contributed by atoms with E-state index in [9.17, 15) is 0 Å². The number of ether oxygens (including phenoxy) is 2. The third kappa shape index (κ3) is 3.29. The lowest BCUT2D eigenvalue weighted by Gasteiger charge is -2.07. The summed E-state index contributed by atoms with van der Waals surface area (Å²) in [6.45, 7) is 0.463. The summed E-state index contributed by atoms with van der Waals surface area (Å²) in [4.78, 5) is 7.97. The molecule has 5 heteroatoms. The average molecular weight is 342 g/mol. The molecule has 0 saturated heterocycles. The Morgan fingerprint density at radius 1 is 1.35 bits per heavy atom. The molecule has 0 radical (unpaired) electrons. The van der Waals surface area contributed by atoms with E-state index >= 15 is 0 Å². The van der Waals surface area contributed by atoms with Crippen LogP contribution in [0.3, 0.4) is 0 Å². The van der Waals surface area contributed by atoms with Crippen LogP contribution < -0.4 is 9.47 Å². The van der Waals surface area contributed by atoms with E-state index in [0.29, 0.717) is 12.5 Å².